The lowest BCUT2D eigenvalue weighted by Crippen LogP contribution is -2.36. The lowest BCUT2D eigenvalue weighted by Gasteiger charge is -2.26. The lowest BCUT2D eigenvalue weighted by molar-refractivity contribution is -0.0312. The molecule has 1 rings (SSSR count). The van der Waals surface area contributed by atoms with E-state index in [1.54, 1.807) is 0 Å². The summed E-state index contributed by atoms with van der Waals surface area (Å²) in [4.78, 5) is 0. The molecule has 0 aromatic rings. The Hall–Kier alpha value is -0.0800. The van der Waals surface area contributed by atoms with Gasteiger partial charge in [-0.15, -0.1) is 0 Å². The first-order valence-corrected chi connectivity index (χ1v) is 5.39. The molecule has 0 bridgehead atoms. The van der Waals surface area contributed by atoms with Crippen molar-refractivity contribution in [2.24, 2.45) is 5.92 Å². The summed E-state index contributed by atoms with van der Waals surface area (Å²) in [5.74, 6) is 0.596. The average molecular weight is 186 g/mol. The van der Waals surface area contributed by atoms with Gasteiger partial charge in [0.25, 0.3) is 0 Å². The number of epoxide rings is 1. The third-order valence-electron chi connectivity index (χ3n) is 2.86. The van der Waals surface area contributed by atoms with Crippen LogP contribution in [0.4, 0.5) is 0 Å². The van der Waals surface area contributed by atoms with Gasteiger partial charge in [0.15, 0.2) is 0 Å². The summed E-state index contributed by atoms with van der Waals surface area (Å²) in [7, 11) is 0. The summed E-state index contributed by atoms with van der Waals surface area (Å²) < 4.78 is 11.3. The van der Waals surface area contributed by atoms with Gasteiger partial charge >= 0.3 is 0 Å². The fourth-order valence-electron chi connectivity index (χ4n) is 1.68. The van der Waals surface area contributed by atoms with Crippen LogP contribution >= 0.6 is 0 Å². The molecule has 1 aliphatic heterocycles. The summed E-state index contributed by atoms with van der Waals surface area (Å²) in [6, 6.07) is 0. The number of hydrogen-bond donors (Lipinski definition) is 0. The molecule has 0 aromatic carbocycles. The average Bonchev–Trinajstić information content (AvgIpc) is 2.84. The van der Waals surface area contributed by atoms with Crippen LogP contribution in [0, 0.1) is 5.92 Å². The van der Waals surface area contributed by atoms with Crippen molar-refractivity contribution < 1.29 is 9.47 Å². The van der Waals surface area contributed by atoms with Crippen molar-refractivity contribution in [3.63, 3.8) is 0 Å². The Morgan fingerprint density at radius 3 is 2.46 bits per heavy atom. The summed E-state index contributed by atoms with van der Waals surface area (Å²) in [6.45, 7) is 10.5. The molecule has 13 heavy (non-hydrogen) atoms. The molecule has 3 unspecified atom stereocenters. The number of ether oxygens (including phenoxy) is 2. The third-order valence-corrected chi connectivity index (χ3v) is 2.86. The van der Waals surface area contributed by atoms with Gasteiger partial charge in [-0.1, -0.05) is 27.2 Å². The topological polar surface area (TPSA) is 21.8 Å². The van der Waals surface area contributed by atoms with Gasteiger partial charge < -0.3 is 9.47 Å². The minimum atomic E-state index is 0.0184. The van der Waals surface area contributed by atoms with Crippen LogP contribution in [-0.2, 0) is 9.47 Å². The Morgan fingerprint density at radius 2 is 2.08 bits per heavy atom. The second-order valence-corrected chi connectivity index (χ2v) is 4.28. The van der Waals surface area contributed by atoms with Crippen LogP contribution in [0.2, 0.25) is 0 Å². The van der Waals surface area contributed by atoms with E-state index >= 15 is 0 Å². The van der Waals surface area contributed by atoms with Crippen LogP contribution in [0.5, 0.6) is 0 Å². The zero-order chi connectivity index (χ0) is 9.90. The maximum Gasteiger partial charge on any atom is 0.115 e. The summed E-state index contributed by atoms with van der Waals surface area (Å²) in [5.41, 5.74) is 0.0184. The smallest absolute Gasteiger partial charge is 0.115 e. The number of rotatable bonds is 6. The molecule has 0 spiro atoms. The molecule has 1 saturated heterocycles. The summed E-state index contributed by atoms with van der Waals surface area (Å²) in [5, 5.41) is 0. The monoisotopic (exact) mass is 186 g/mol. The van der Waals surface area contributed by atoms with Crippen molar-refractivity contribution in [1.29, 1.82) is 0 Å². The predicted octanol–water partition coefficient (Wildman–Crippen LogP) is 2.62. The van der Waals surface area contributed by atoms with E-state index in [2.05, 4.69) is 27.7 Å². The van der Waals surface area contributed by atoms with Gasteiger partial charge in [0.1, 0.15) is 5.60 Å². The second-order valence-electron chi connectivity index (χ2n) is 4.28. The van der Waals surface area contributed by atoms with E-state index in [9.17, 15) is 0 Å². The molecule has 0 aromatic heterocycles. The molecule has 0 amide bonds. The first-order valence-electron chi connectivity index (χ1n) is 5.39. The van der Waals surface area contributed by atoms with Gasteiger partial charge in [0.2, 0.25) is 0 Å². The molecule has 3 atom stereocenters. The highest BCUT2D eigenvalue weighted by atomic mass is 16.6. The molecule has 78 valence electrons. The van der Waals surface area contributed by atoms with Crippen molar-refractivity contribution in [3.8, 4) is 0 Å². The van der Waals surface area contributed by atoms with Crippen molar-refractivity contribution in [2.45, 2.75) is 52.2 Å². The van der Waals surface area contributed by atoms with E-state index in [0.29, 0.717) is 5.92 Å². The Bertz CT molecular complexity index is 152. The fourth-order valence-corrected chi connectivity index (χ4v) is 1.68. The van der Waals surface area contributed by atoms with E-state index in [1.165, 1.54) is 0 Å². The Labute approximate surface area is 81.6 Å². The third kappa shape index (κ3) is 2.68. The van der Waals surface area contributed by atoms with Gasteiger partial charge in [0.05, 0.1) is 12.7 Å². The van der Waals surface area contributed by atoms with Crippen molar-refractivity contribution in [1.82, 2.24) is 0 Å². The van der Waals surface area contributed by atoms with E-state index in [4.69, 9.17) is 9.47 Å². The van der Waals surface area contributed by atoms with E-state index in [0.717, 1.165) is 26.1 Å². The molecule has 1 heterocycles. The highest BCUT2D eigenvalue weighted by molar-refractivity contribution is 4.97. The first kappa shape index (κ1) is 11.0. The van der Waals surface area contributed by atoms with Gasteiger partial charge in [-0.3, -0.25) is 0 Å². The standard InChI is InChI=1S/C11H22O2/c1-5-7-12-10(9(3)6-2)11(4)8-13-11/h9-10H,5-8H2,1-4H3. The van der Waals surface area contributed by atoms with Gasteiger partial charge in [0, 0.05) is 6.61 Å². The molecule has 0 radical (unpaired) electrons. The molecular formula is C11H22O2. The minimum Gasteiger partial charge on any atom is -0.375 e. The van der Waals surface area contributed by atoms with E-state index in [-0.39, 0.29) is 11.7 Å². The van der Waals surface area contributed by atoms with Crippen molar-refractivity contribution in [3.05, 3.63) is 0 Å². The molecule has 0 aliphatic carbocycles. The number of hydrogen-bond acceptors (Lipinski definition) is 2. The molecule has 1 aliphatic rings. The van der Waals surface area contributed by atoms with Gasteiger partial charge in [-0.25, -0.2) is 0 Å². The van der Waals surface area contributed by atoms with Crippen molar-refractivity contribution in [2.75, 3.05) is 13.2 Å². The van der Waals surface area contributed by atoms with Crippen LogP contribution in [-0.4, -0.2) is 24.9 Å². The molecule has 1 fully saturated rings. The van der Waals surface area contributed by atoms with Crippen LogP contribution in [0.1, 0.15) is 40.5 Å². The SMILES string of the molecule is CCCOC(C(C)CC)C1(C)CO1. The Balaban J connectivity index is 2.44. The lowest BCUT2D eigenvalue weighted by atomic mass is 9.92. The molecule has 0 N–H and O–H groups in total. The quantitative estimate of drug-likeness (QED) is 0.595. The Kier molecular flexibility index (Phi) is 3.74. The molecule has 0 saturated carbocycles. The summed E-state index contributed by atoms with van der Waals surface area (Å²) >= 11 is 0. The fraction of sp³-hybridized carbons (Fsp3) is 1.00. The largest absolute Gasteiger partial charge is 0.375 e. The maximum absolute atomic E-state index is 5.85. The molecule has 2 heteroatoms. The van der Waals surface area contributed by atoms with Crippen LogP contribution in [0.3, 0.4) is 0 Å². The van der Waals surface area contributed by atoms with Gasteiger partial charge in [-0.05, 0) is 19.3 Å². The normalized spacial score (nSPS) is 31.4. The maximum atomic E-state index is 5.85. The highest BCUT2D eigenvalue weighted by Crippen LogP contribution is 2.36. The zero-order valence-electron chi connectivity index (χ0n) is 9.30. The summed E-state index contributed by atoms with van der Waals surface area (Å²) in [6.07, 6.45) is 2.54. The van der Waals surface area contributed by atoms with Crippen LogP contribution in [0.15, 0.2) is 0 Å². The molecular weight excluding hydrogens is 164 g/mol. The first-order chi connectivity index (χ1) is 6.14. The zero-order valence-corrected chi connectivity index (χ0v) is 9.30. The van der Waals surface area contributed by atoms with Crippen molar-refractivity contribution >= 4 is 0 Å². The van der Waals surface area contributed by atoms with Gasteiger partial charge in [-0.2, -0.15) is 0 Å². The second kappa shape index (κ2) is 4.43. The predicted molar refractivity (Wildman–Crippen MR) is 53.8 cm³/mol. The van der Waals surface area contributed by atoms with E-state index in [1.807, 2.05) is 0 Å². The van der Waals surface area contributed by atoms with E-state index < -0.39 is 0 Å². The minimum absolute atomic E-state index is 0.0184. The van der Waals surface area contributed by atoms with Crippen LogP contribution in [0.25, 0.3) is 0 Å². The Morgan fingerprint density at radius 1 is 1.46 bits per heavy atom. The molecule has 2 nitrogen and oxygen atoms in total. The highest BCUT2D eigenvalue weighted by Gasteiger charge is 2.49. The van der Waals surface area contributed by atoms with Crippen LogP contribution < -0.4 is 0 Å².